The van der Waals surface area contributed by atoms with Crippen LogP contribution in [0.15, 0.2) is 12.1 Å². The molecule has 1 unspecified atom stereocenters. The Kier molecular flexibility index (Phi) is 4.52. The first-order chi connectivity index (χ1) is 9.08. The molecule has 1 saturated heterocycles. The Labute approximate surface area is 115 Å². The normalized spacial score (nSPS) is 19.4. The molecule has 7 heteroatoms. The second-order valence-electron chi connectivity index (χ2n) is 4.66. The summed E-state index contributed by atoms with van der Waals surface area (Å²) < 4.78 is 0. The topological polar surface area (TPSA) is 87.5 Å². The second kappa shape index (κ2) is 6.14. The maximum atomic E-state index is 11.4. The molecule has 19 heavy (non-hydrogen) atoms. The van der Waals surface area contributed by atoms with Crippen molar-refractivity contribution in [1.82, 2.24) is 15.6 Å². The van der Waals surface area contributed by atoms with Crippen LogP contribution in [-0.2, 0) is 11.3 Å². The van der Waals surface area contributed by atoms with Crippen LogP contribution in [0, 0.1) is 0 Å². The number of carbonyl (C=O) groups excluding carboxylic acids is 2. The van der Waals surface area contributed by atoms with Crippen LogP contribution < -0.4 is 16.6 Å². The van der Waals surface area contributed by atoms with E-state index in [-0.39, 0.29) is 17.9 Å². The average molecular weight is 282 g/mol. The molecular weight excluding hydrogens is 264 g/mol. The summed E-state index contributed by atoms with van der Waals surface area (Å²) in [5, 5.41) is 2.93. The van der Waals surface area contributed by atoms with Crippen LogP contribution >= 0.6 is 11.3 Å². The van der Waals surface area contributed by atoms with Crippen LogP contribution in [0.5, 0.6) is 0 Å². The quantitative estimate of drug-likeness (QED) is 0.414. The van der Waals surface area contributed by atoms with E-state index in [1.165, 1.54) is 11.3 Å². The first-order valence-electron chi connectivity index (χ1n) is 6.17. The minimum atomic E-state index is -0.256. The first kappa shape index (κ1) is 14.0. The number of nitrogens with two attached hydrogens (primary N) is 1. The molecule has 2 rings (SSSR count). The van der Waals surface area contributed by atoms with Gasteiger partial charge in [0, 0.05) is 37.5 Å². The maximum absolute atomic E-state index is 11.4. The highest BCUT2D eigenvalue weighted by Crippen LogP contribution is 2.20. The van der Waals surface area contributed by atoms with Crippen molar-refractivity contribution in [1.29, 1.82) is 0 Å². The van der Waals surface area contributed by atoms with Gasteiger partial charge in [-0.1, -0.05) is 0 Å². The van der Waals surface area contributed by atoms with Crippen molar-refractivity contribution in [2.45, 2.75) is 25.9 Å². The fourth-order valence-electron chi connectivity index (χ4n) is 2.26. The Morgan fingerprint density at radius 3 is 3.00 bits per heavy atom. The van der Waals surface area contributed by atoms with Crippen LogP contribution in [0.4, 0.5) is 0 Å². The lowest BCUT2D eigenvalue weighted by atomic mass is 10.2. The molecule has 0 aliphatic carbocycles. The highest BCUT2D eigenvalue weighted by atomic mass is 32.1. The molecule has 1 aromatic heterocycles. The zero-order valence-corrected chi connectivity index (χ0v) is 11.6. The van der Waals surface area contributed by atoms with E-state index in [2.05, 4.69) is 15.6 Å². The van der Waals surface area contributed by atoms with Crippen LogP contribution in [0.1, 0.15) is 27.9 Å². The summed E-state index contributed by atoms with van der Waals surface area (Å²) in [6, 6.07) is 3.97. The number of thiophene rings is 1. The average Bonchev–Trinajstić information content (AvgIpc) is 2.98. The standard InChI is InChI=1S/C12H18N4O2S/c1-8(17)14-9-4-5-16(6-9)7-10-2-3-11(19-10)12(18)15-13/h2-3,9H,4-7,13H2,1H3,(H,14,17)(H,15,18). The number of nitrogen functional groups attached to an aromatic ring is 1. The number of nitrogens with zero attached hydrogens (tertiary/aromatic N) is 1. The van der Waals surface area contributed by atoms with Gasteiger partial charge in [-0.3, -0.25) is 19.9 Å². The lowest BCUT2D eigenvalue weighted by Gasteiger charge is -2.15. The van der Waals surface area contributed by atoms with Crippen LogP contribution in [-0.4, -0.2) is 35.8 Å². The van der Waals surface area contributed by atoms with E-state index in [4.69, 9.17) is 5.84 Å². The summed E-state index contributed by atoms with van der Waals surface area (Å²) >= 11 is 1.45. The van der Waals surface area contributed by atoms with Gasteiger partial charge in [0.15, 0.2) is 0 Å². The molecule has 1 fully saturated rings. The first-order valence-corrected chi connectivity index (χ1v) is 6.99. The van der Waals surface area contributed by atoms with Gasteiger partial charge < -0.3 is 5.32 Å². The van der Waals surface area contributed by atoms with E-state index in [9.17, 15) is 9.59 Å². The highest BCUT2D eigenvalue weighted by molar-refractivity contribution is 7.14. The number of amides is 2. The third-order valence-corrected chi connectivity index (χ3v) is 4.14. The minimum absolute atomic E-state index is 0.0184. The third-order valence-electron chi connectivity index (χ3n) is 3.08. The van der Waals surface area contributed by atoms with Gasteiger partial charge in [0.25, 0.3) is 5.91 Å². The SMILES string of the molecule is CC(=O)NC1CCN(Cc2ccc(C(=O)NN)s2)C1. The van der Waals surface area contributed by atoms with E-state index in [0.29, 0.717) is 4.88 Å². The molecule has 0 radical (unpaired) electrons. The minimum Gasteiger partial charge on any atom is -0.352 e. The van der Waals surface area contributed by atoms with Crippen LogP contribution in [0.2, 0.25) is 0 Å². The molecule has 0 aromatic carbocycles. The van der Waals surface area contributed by atoms with Crippen molar-refractivity contribution in [3.63, 3.8) is 0 Å². The van der Waals surface area contributed by atoms with Gasteiger partial charge in [0.1, 0.15) is 0 Å². The molecule has 1 aliphatic rings. The van der Waals surface area contributed by atoms with E-state index < -0.39 is 0 Å². The number of rotatable bonds is 4. The van der Waals surface area contributed by atoms with Gasteiger partial charge in [-0.05, 0) is 18.6 Å². The van der Waals surface area contributed by atoms with Gasteiger partial charge in [-0.15, -0.1) is 11.3 Å². The smallest absolute Gasteiger partial charge is 0.275 e. The summed E-state index contributed by atoms with van der Waals surface area (Å²) in [6.07, 6.45) is 0.973. The zero-order chi connectivity index (χ0) is 13.8. The van der Waals surface area contributed by atoms with E-state index in [0.717, 1.165) is 30.9 Å². The predicted molar refractivity (Wildman–Crippen MR) is 73.5 cm³/mol. The van der Waals surface area contributed by atoms with Crippen LogP contribution in [0.25, 0.3) is 0 Å². The van der Waals surface area contributed by atoms with Crippen molar-refractivity contribution in [2.75, 3.05) is 13.1 Å². The fraction of sp³-hybridized carbons (Fsp3) is 0.500. The van der Waals surface area contributed by atoms with Crippen molar-refractivity contribution in [3.8, 4) is 0 Å². The molecule has 1 atom stereocenters. The molecule has 104 valence electrons. The summed E-state index contributed by atoms with van der Waals surface area (Å²) in [7, 11) is 0. The second-order valence-corrected chi connectivity index (χ2v) is 5.83. The number of hydrogen-bond acceptors (Lipinski definition) is 5. The molecule has 6 nitrogen and oxygen atoms in total. The molecule has 0 bridgehead atoms. The van der Waals surface area contributed by atoms with Crippen molar-refractivity contribution in [3.05, 3.63) is 21.9 Å². The van der Waals surface area contributed by atoms with Gasteiger partial charge in [-0.2, -0.15) is 0 Å². The Balaban J connectivity index is 1.87. The lowest BCUT2D eigenvalue weighted by molar-refractivity contribution is -0.119. The van der Waals surface area contributed by atoms with Crippen molar-refractivity contribution in [2.24, 2.45) is 5.84 Å². The Morgan fingerprint density at radius 1 is 1.53 bits per heavy atom. The molecule has 0 spiro atoms. The third kappa shape index (κ3) is 3.76. The molecular formula is C12H18N4O2S. The van der Waals surface area contributed by atoms with Crippen LogP contribution in [0.3, 0.4) is 0 Å². The number of hydrazine groups is 1. The molecule has 2 heterocycles. The van der Waals surface area contributed by atoms with Gasteiger partial charge in [0.2, 0.25) is 5.91 Å². The van der Waals surface area contributed by atoms with Gasteiger partial charge >= 0.3 is 0 Å². The Hall–Kier alpha value is -1.44. The summed E-state index contributed by atoms with van der Waals surface area (Å²) in [5.41, 5.74) is 2.13. The Bertz CT molecular complexity index is 474. The summed E-state index contributed by atoms with van der Waals surface area (Å²) in [4.78, 5) is 26.4. The number of likely N-dealkylation sites (tertiary alicyclic amines) is 1. The molecule has 1 aliphatic heterocycles. The number of hydrogen-bond donors (Lipinski definition) is 3. The van der Waals surface area contributed by atoms with Crippen molar-refractivity contribution >= 4 is 23.2 Å². The molecule has 4 N–H and O–H groups in total. The lowest BCUT2D eigenvalue weighted by Crippen LogP contribution is -2.35. The molecule has 1 aromatic rings. The van der Waals surface area contributed by atoms with Crippen molar-refractivity contribution < 1.29 is 9.59 Å². The molecule has 0 saturated carbocycles. The Morgan fingerprint density at radius 2 is 2.32 bits per heavy atom. The van der Waals surface area contributed by atoms with Gasteiger partial charge in [-0.25, -0.2) is 5.84 Å². The predicted octanol–water partition coefficient (Wildman–Crippen LogP) is 0.0620. The molecule has 2 amide bonds. The zero-order valence-electron chi connectivity index (χ0n) is 10.8. The summed E-state index contributed by atoms with van der Waals surface area (Å²) in [6.45, 7) is 4.16. The van der Waals surface area contributed by atoms with E-state index in [1.54, 1.807) is 13.0 Å². The fourth-order valence-corrected chi connectivity index (χ4v) is 3.21. The van der Waals surface area contributed by atoms with E-state index >= 15 is 0 Å². The number of carbonyl (C=O) groups is 2. The highest BCUT2D eigenvalue weighted by Gasteiger charge is 2.23. The van der Waals surface area contributed by atoms with Gasteiger partial charge in [0.05, 0.1) is 4.88 Å². The van der Waals surface area contributed by atoms with E-state index in [1.807, 2.05) is 6.07 Å². The largest absolute Gasteiger partial charge is 0.352 e. The monoisotopic (exact) mass is 282 g/mol. The summed E-state index contributed by atoms with van der Waals surface area (Å²) in [5.74, 6) is 4.86. The maximum Gasteiger partial charge on any atom is 0.275 e. The number of nitrogens with one attached hydrogen (secondary N) is 2.